The van der Waals surface area contributed by atoms with E-state index in [0.29, 0.717) is 12.5 Å². The van der Waals surface area contributed by atoms with Gasteiger partial charge in [0.15, 0.2) is 0 Å². The Bertz CT molecular complexity index is 710. The lowest BCUT2D eigenvalue weighted by Crippen LogP contribution is -2.37. The number of hydrogen-bond donors (Lipinski definition) is 2. The largest absolute Gasteiger partial charge is 0.381 e. The third kappa shape index (κ3) is 4.60. The number of amides is 1. The van der Waals surface area contributed by atoms with Crippen LogP contribution in [0.25, 0.3) is 0 Å². The molecule has 0 bridgehead atoms. The van der Waals surface area contributed by atoms with Crippen LogP contribution in [-0.2, 0) is 17.8 Å². The van der Waals surface area contributed by atoms with Crippen LogP contribution in [0.3, 0.4) is 0 Å². The number of benzene rings is 2. The van der Waals surface area contributed by atoms with Gasteiger partial charge in [-0.1, -0.05) is 42.5 Å². The average molecular weight is 337 g/mol. The van der Waals surface area contributed by atoms with Crippen LogP contribution in [0.5, 0.6) is 0 Å². The minimum absolute atomic E-state index is 0.166. The molecule has 0 aliphatic carbocycles. The van der Waals surface area contributed by atoms with Crippen LogP contribution < -0.4 is 11.1 Å². The van der Waals surface area contributed by atoms with Crippen LogP contribution in [0, 0.1) is 0 Å². The van der Waals surface area contributed by atoms with Gasteiger partial charge in [-0.2, -0.15) is 0 Å². The zero-order chi connectivity index (χ0) is 17.9. The van der Waals surface area contributed by atoms with E-state index in [1.54, 1.807) is 0 Å². The van der Waals surface area contributed by atoms with Crippen LogP contribution in [0.1, 0.15) is 31.4 Å². The fraction of sp³-hybridized carbons (Fsp3) is 0.381. The van der Waals surface area contributed by atoms with E-state index >= 15 is 0 Å². The first kappa shape index (κ1) is 17.5. The van der Waals surface area contributed by atoms with Crippen molar-refractivity contribution in [3.8, 4) is 0 Å². The van der Waals surface area contributed by atoms with Gasteiger partial charge in [-0.15, -0.1) is 0 Å². The van der Waals surface area contributed by atoms with E-state index in [4.69, 9.17) is 5.73 Å². The van der Waals surface area contributed by atoms with Gasteiger partial charge in [0.1, 0.15) is 0 Å². The summed E-state index contributed by atoms with van der Waals surface area (Å²) in [4.78, 5) is 13.5. The first-order valence-electron chi connectivity index (χ1n) is 8.85. The van der Waals surface area contributed by atoms with Crippen molar-refractivity contribution in [3.05, 3.63) is 65.7 Å². The number of nitrogens with zero attached hydrogens (tertiary/aromatic N) is 1. The third-order valence-electron chi connectivity index (χ3n) is 4.96. The molecule has 4 heteroatoms. The van der Waals surface area contributed by atoms with Crippen molar-refractivity contribution in [3.63, 3.8) is 0 Å². The summed E-state index contributed by atoms with van der Waals surface area (Å²) in [5, 5.41) is 3.63. The quantitative estimate of drug-likeness (QED) is 0.851. The second-order valence-corrected chi connectivity index (χ2v) is 7.56. The molecule has 1 aliphatic heterocycles. The molecule has 1 atom stereocenters. The van der Waals surface area contributed by atoms with Crippen molar-refractivity contribution in [1.29, 1.82) is 0 Å². The van der Waals surface area contributed by atoms with Gasteiger partial charge >= 0.3 is 0 Å². The number of primary amides is 1. The molecule has 1 heterocycles. The predicted octanol–water partition coefficient (Wildman–Crippen LogP) is 3.18. The van der Waals surface area contributed by atoms with Crippen LogP contribution in [0.15, 0.2) is 54.6 Å². The Morgan fingerprint density at radius 1 is 1.12 bits per heavy atom. The lowest BCUT2D eigenvalue weighted by atomic mass is 9.99. The molecule has 2 aromatic rings. The highest BCUT2D eigenvalue weighted by atomic mass is 16.1. The molecule has 3 rings (SSSR count). The molecule has 0 saturated carbocycles. The first-order valence-corrected chi connectivity index (χ1v) is 8.85. The van der Waals surface area contributed by atoms with E-state index in [-0.39, 0.29) is 11.4 Å². The van der Waals surface area contributed by atoms with Gasteiger partial charge in [0.05, 0.1) is 6.42 Å². The molecule has 4 nitrogen and oxygen atoms in total. The van der Waals surface area contributed by atoms with Gasteiger partial charge in [0.25, 0.3) is 0 Å². The Kier molecular flexibility index (Phi) is 5.09. The summed E-state index contributed by atoms with van der Waals surface area (Å²) < 4.78 is 0. The molecule has 1 fully saturated rings. The predicted molar refractivity (Wildman–Crippen MR) is 102 cm³/mol. The number of anilines is 1. The van der Waals surface area contributed by atoms with Crippen LogP contribution in [0.4, 0.5) is 5.69 Å². The molecule has 3 N–H and O–H groups in total. The maximum Gasteiger partial charge on any atom is 0.221 e. The second-order valence-electron chi connectivity index (χ2n) is 7.56. The van der Waals surface area contributed by atoms with Crippen molar-refractivity contribution < 1.29 is 4.79 Å². The summed E-state index contributed by atoms with van der Waals surface area (Å²) in [6, 6.07) is 19.1. The fourth-order valence-electron chi connectivity index (χ4n) is 3.64. The molecule has 25 heavy (non-hydrogen) atoms. The molecule has 1 saturated heterocycles. The number of nitrogens with two attached hydrogens (primary N) is 1. The van der Waals surface area contributed by atoms with E-state index in [1.807, 2.05) is 24.3 Å². The summed E-state index contributed by atoms with van der Waals surface area (Å²) in [7, 11) is 0. The molecular weight excluding hydrogens is 310 g/mol. The third-order valence-corrected chi connectivity index (χ3v) is 4.96. The summed E-state index contributed by atoms with van der Waals surface area (Å²) in [5.74, 6) is -0.296. The van der Waals surface area contributed by atoms with Crippen LogP contribution in [0.2, 0.25) is 0 Å². The molecule has 1 aliphatic rings. The molecule has 132 valence electrons. The highest BCUT2D eigenvalue weighted by Crippen LogP contribution is 2.31. The zero-order valence-corrected chi connectivity index (χ0v) is 15.0. The molecule has 0 unspecified atom stereocenters. The summed E-state index contributed by atoms with van der Waals surface area (Å²) in [6.45, 7) is 6.62. The standard InChI is InChI=1S/C21H27N3O/c1-21(2)13-19(15-24(21)14-17-6-4-3-5-7-17)23-18-10-8-16(9-11-18)12-20(22)25/h3-11,19,23H,12-15H2,1-2H3,(H2,22,25)/t19-/m1/s1. The maximum absolute atomic E-state index is 11.0. The Labute approximate surface area is 150 Å². The smallest absolute Gasteiger partial charge is 0.221 e. The summed E-state index contributed by atoms with van der Waals surface area (Å²) >= 11 is 0. The molecule has 0 aromatic heterocycles. The van der Waals surface area contributed by atoms with Gasteiger partial charge in [-0.3, -0.25) is 9.69 Å². The van der Waals surface area contributed by atoms with E-state index < -0.39 is 0 Å². The van der Waals surface area contributed by atoms with Gasteiger partial charge in [-0.05, 0) is 43.5 Å². The van der Waals surface area contributed by atoms with E-state index in [2.05, 4.69) is 54.4 Å². The number of nitrogens with one attached hydrogen (secondary N) is 1. The molecule has 0 radical (unpaired) electrons. The SMILES string of the molecule is CC1(C)C[C@@H](Nc2ccc(CC(N)=O)cc2)CN1Cc1ccccc1. The summed E-state index contributed by atoms with van der Waals surface area (Å²) in [6.07, 6.45) is 1.39. The average Bonchev–Trinajstić information content (AvgIpc) is 2.83. The zero-order valence-electron chi connectivity index (χ0n) is 15.0. The number of hydrogen-bond acceptors (Lipinski definition) is 3. The van der Waals surface area contributed by atoms with E-state index in [9.17, 15) is 4.79 Å². The van der Waals surface area contributed by atoms with Crippen molar-refractivity contribution in [2.45, 2.75) is 44.8 Å². The maximum atomic E-state index is 11.0. The summed E-state index contributed by atoms with van der Waals surface area (Å²) in [5.41, 5.74) is 8.81. The minimum Gasteiger partial charge on any atom is -0.381 e. The number of carbonyl (C=O) groups excluding carboxylic acids is 1. The lowest BCUT2D eigenvalue weighted by molar-refractivity contribution is -0.117. The lowest BCUT2D eigenvalue weighted by Gasteiger charge is -2.31. The molecule has 1 amide bonds. The minimum atomic E-state index is -0.296. The highest BCUT2D eigenvalue weighted by molar-refractivity contribution is 5.76. The molecule has 0 spiro atoms. The Balaban J connectivity index is 1.61. The molecule has 2 aromatic carbocycles. The van der Waals surface area contributed by atoms with Crippen LogP contribution >= 0.6 is 0 Å². The van der Waals surface area contributed by atoms with Gasteiger partial charge in [-0.25, -0.2) is 0 Å². The Morgan fingerprint density at radius 2 is 1.80 bits per heavy atom. The van der Waals surface area contributed by atoms with Crippen molar-refractivity contribution in [2.75, 3.05) is 11.9 Å². The normalized spacial score (nSPS) is 19.7. The van der Waals surface area contributed by atoms with Gasteiger partial charge in [0, 0.05) is 30.4 Å². The van der Waals surface area contributed by atoms with E-state index in [1.165, 1.54) is 5.56 Å². The fourth-order valence-corrected chi connectivity index (χ4v) is 3.64. The number of carbonyl (C=O) groups is 1. The van der Waals surface area contributed by atoms with Crippen molar-refractivity contribution in [1.82, 2.24) is 4.90 Å². The number of rotatable bonds is 6. The molecular formula is C21H27N3O. The highest BCUT2D eigenvalue weighted by Gasteiger charge is 2.38. The topological polar surface area (TPSA) is 58.4 Å². The van der Waals surface area contributed by atoms with E-state index in [0.717, 1.165) is 30.8 Å². The van der Waals surface area contributed by atoms with Crippen LogP contribution in [-0.4, -0.2) is 28.9 Å². The van der Waals surface area contributed by atoms with Gasteiger partial charge < -0.3 is 11.1 Å². The second kappa shape index (κ2) is 7.28. The number of likely N-dealkylation sites (tertiary alicyclic amines) is 1. The Morgan fingerprint density at radius 3 is 2.44 bits per heavy atom. The monoisotopic (exact) mass is 337 g/mol. The first-order chi connectivity index (χ1) is 11.9. The van der Waals surface area contributed by atoms with Crippen molar-refractivity contribution >= 4 is 11.6 Å². The van der Waals surface area contributed by atoms with Gasteiger partial charge in [0.2, 0.25) is 5.91 Å². The Hall–Kier alpha value is -2.33. The van der Waals surface area contributed by atoms with Crippen molar-refractivity contribution in [2.24, 2.45) is 5.73 Å².